The number of aromatic nitrogens is 6. The van der Waals surface area contributed by atoms with E-state index >= 15 is 4.39 Å². The van der Waals surface area contributed by atoms with Crippen LogP contribution in [0, 0.1) is 11.6 Å². The highest BCUT2D eigenvalue weighted by Gasteiger charge is 2.24. The second-order valence-electron chi connectivity index (χ2n) is 9.29. The monoisotopic (exact) mass is 672 g/mol. The molecule has 6 rings (SSSR count). The Morgan fingerprint density at radius 2 is 1.78 bits per heavy atom. The van der Waals surface area contributed by atoms with E-state index in [0.29, 0.717) is 41.3 Å². The zero-order valence-corrected chi connectivity index (χ0v) is 25.3. The Morgan fingerprint density at radius 3 is 2.60 bits per heavy atom. The molecule has 0 unspecified atom stereocenters. The molecular formula is C28H20Cl2F2N8O4S. The quantitative estimate of drug-likeness (QED) is 0.168. The lowest BCUT2D eigenvalue weighted by atomic mass is 10.2. The van der Waals surface area contributed by atoms with Crippen molar-refractivity contribution < 1.29 is 26.7 Å². The molecule has 230 valence electrons. The molecule has 6 aromatic rings. The summed E-state index contributed by atoms with van der Waals surface area (Å²) in [4.78, 5) is 12.5. The predicted molar refractivity (Wildman–Crippen MR) is 164 cm³/mol. The molecule has 0 spiro atoms. The number of benzene rings is 3. The number of nitrogens with one attached hydrogen (secondary N) is 2. The summed E-state index contributed by atoms with van der Waals surface area (Å²) in [6.45, 7) is 0.700. The van der Waals surface area contributed by atoms with E-state index in [-0.39, 0.29) is 26.3 Å². The summed E-state index contributed by atoms with van der Waals surface area (Å²) in [5, 5.41) is 10.8. The maximum absolute atomic E-state index is 15.7. The average Bonchev–Trinajstić information content (AvgIpc) is 3.47. The van der Waals surface area contributed by atoms with Crippen LogP contribution < -0.4 is 14.8 Å². The molecule has 0 aliphatic rings. The van der Waals surface area contributed by atoms with Crippen molar-refractivity contribution >= 4 is 72.5 Å². The molecule has 0 aliphatic heterocycles. The van der Waals surface area contributed by atoms with Crippen LogP contribution >= 0.6 is 23.2 Å². The molecule has 45 heavy (non-hydrogen) atoms. The molecule has 0 saturated carbocycles. The molecular weight excluding hydrogens is 653 g/mol. The van der Waals surface area contributed by atoms with Gasteiger partial charge >= 0.3 is 0 Å². The summed E-state index contributed by atoms with van der Waals surface area (Å²) in [5.74, 6) is -1.53. The van der Waals surface area contributed by atoms with Gasteiger partial charge in [0.05, 0.1) is 27.9 Å². The second kappa shape index (κ2) is 12.4. The highest BCUT2D eigenvalue weighted by molar-refractivity contribution is 7.92. The molecule has 12 nitrogen and oxygen atoms in total. The van der Waals surface area contributed by atoms with Crippen molar-refractivity contribution in [2.75, 3.05) is 30.4 Å². The van der Waals surface area contributed by atoms with Gasteiger partial charge in [0.2, 0.25) is 0 Å². The number of fused-ring (bicyclic) bond motifs is 2. The molecule has 17 heteroatoms. The first-order valence-corrected chi connectivity index (χ1v) is 15.2. The number of halogens is 4. The van der Waals surface area contributed by atoms with Crippen LogP contribution in [0.2, 0.25) is 10.0 Å². The molecule has 3 aromatic heterocycles. The topological polar surface area (TPSA) is 146 Å². The molecule has 0 bridgehead atoms. The lowest BCUT2D eigenvalue weighted by molar-refractivity contribution is 0.147. The Kier molecular flexibility index (Phi) is 8.33. The minimum absolute atomic E-state index is 0.0151. The summed E-state index contributed by atoms with van der Waals surface area (Å²) in [6.07, 6.45) is 1.18. The molecule has 0 aliphatic carbocycles. The average molecular weight is 673 g/mol. The van der Waals surface area contributed by atoms with E-state index in [1.54, 1.807) is 37.4 Å². The highest BCUT2D eigenvalue weighted by Crippen LogP contribution is 2.34. The molecule has 3 aromatic carbocycles. The SMILES string of the molecule is COCCOc1cccc2c1nnn2-c1ccc2ncnc(Nc3c(F)ccc(NS(=O)(=O)c4cccc(Cl)c4Cl)c3F)c2n1. The third-order valence-electron chi connectivity index (χ3n) is 6.45. The normalized spacial score (nSPS) is 11.7. The maximum Gasteiger partial charge on any atom is 0.263 e. The van der Waals surface area contributed by atoms with Gasteiger partial charge in [0.15, 0.2) is 23.0 Å². The van der Waals surface area contributed by atoms with Crippen LogP contribution in [0.1, 0.15) is 0 Å². The number of anilines is 3. The zero-order chi connectivity index (χ0) is 31.7. The minimum atomic E-state index is -4.41. The van der Waals surface area contributed by atoms with Crippen molar-refractivity contribution in [1.29, 1.82) is 0 Å². The van der Waals surface area contributed by atoms with Gasteiger partial charge in [0.25, 0.3) is 10.0 Å². The summed E-state index contributed by atoms with van der Waals surface area (Å²) >= 11 is 12.0. The van der Waals surface area contributed by atoms with Crippen molar-refractivity contribution in [1.82, 2.24) is 29.9 Å². The number of ether oxygens (including phenoxy) is 2. The first kappa shape index (κ1) is 30.3. The largest absolute Gasteiger partial charge is 0.489 e. The maximum atomic E-state index is 15.7. The van der Waals surface area contributed by atoms with Gasteiger partial charge in [0.1, 0.15) is 46.1 Å². The van der Waals surface area contributed by atoms with Crippen LogP contribution in [0.15, 0.2) is 71.9 Å². The molecule has 0 fully saturated rings. The van der Waals surface area contributed by atoms with Crippen LogP contribution in [-0.2, 0) is 14.8 Å². The molecule has 2 N–H and O–H groups in total. The number of rotatable bonds is 10. The Labute approximate surface area is 264 Å². The van der Waals surface area contributed by atoms with E-state index in [2.05, 4.69) is 35.3 Å². The van der Waals surface area contributed by atoms with E-state index in [0.717, 1.165) is 12.1 Å². The van der Waals surface area contributed by atoms with Crippen molar-refractivity contribution in [2.45, 2.75) is 4.90 Å². The fraction of sp³-hybridized carbons (Fsp3) is 0.107. The van der Waals surface area contributed by atoms with Gasteiger partial charge in [-0.2, -0.15) is 4.68 Å². The predicted octanol–water partition coefficient (Wildman–Crippen LogP) is 5.91. The first-order valence-electron chi connectivity index (χ1n) is 13.0. The Hall–Kier alpha value is -4.70. The summed E-state index contributed by atoms with van der Waals surface area (Å²) in [5.41, 5.74) is 0.308. The van der Waals surface area contributed by atoms with E-state index < -0.39 is 33.0 Å². The molecule has 0 radical (unpaired) electrons. The Morgan fingerprint density at radius 1 is 0.956 bits per heavy atom. The number of methoxy groups -OCH3 is 1. The summed E-state index contributed by atoms with van der Waals surface area (Å²) in [6, 6.07) is 14.4. The van der Waals surface area contributed by atoms with E-state index in [4.69, 9.17) is 32.7 Å². The number of pyridine rings is 1. The summed E-state index contributed by atoms with van der Waals surface area (Å²) < 4.78 is 71.0. The van der Waals surface area contributed by atoms with Crippen LogP contribution in [0.25, 0.3) is 27.9 Å². The van der Waals surface area contributed by atoms with Crippen LogP contribution in [0.3, 0.4) is 0 Å². The van der Waals surface area contributed by atoms with Gasteiger partial charge in [-0.3, -0.25) is 4.72 Å². The van der Waals surface area contributed by atoms with E-state index in [1.165, 1.54) is 29.2 Å². The molecule has 3 heterocycles. The summed E-state index contributed by atoms with van der Waals surface area (Å²) in [7, 11) is -2.84. The van der Waals surface area contributed by atoms with Gasteiger partial charge < -0.3 is 14.8 Å². The van der Waals surface area contributed by atoms with Crippen LogP contribution in [-0.4, -0.2) is 58.7 Å². The Balaban J connectivity index is 1.36. The number of nitrogens with zero attached hydrogens (tertiary/aromatic N) is 6. The van der Waals surface area contributed by atoms with E-state index in [1.807, 2.05) is 0 Å². The number of hydrogen-bond acceptors (Lipinski definition) is 10. The highest BCUT2D eigenvalue weighted by atomic mass is 35.5. The van der Waals surface area contributed by atoms with Crippen molar-refractivity contribution in [3.8, 4) is 11.6 Å². The van der Waals surface area contributed by atoms with Crippen molar-refractivity contribution in [3.05, 3.63) is 88.7 Å². The van der Waals surface area contributed by atoms with Gasteiger partial charge in [-0.15, -0.1) is 5.10 Å². The minimum Gasteiger partial charge on any atom is -0.489 e. The van der Waals surface area contributed by atoms with Crippen molar-refractivity contribution in [3.63, 3.8) is 0 Å². The molecule has 0 amide bonds. The standard InChI is InChI=1S/C28H20Cl2F2N8O4S/c1-43-12-13-44-20-6-3-5-19-27(20)37-39-40(19)22-11-10-18-26(35-22)28(34-14-33-18)36-25-16(31)8-9-17(24(25)32)38-45(41,42)21-7-2-4-15(29)23(21)30/h2-11,14,38H,12-13H2,1H3,(H,33,34,36). The first-order chi connectivity index (χ1) is 21.7. The van der Waals surface area contributed by atoms with Crippen molar-refractivity contribution in [2.24, 2.45) is 0 Å². The van der Waals surface area contributed by atoms with Gasteiger partial charge in [-0.25, -0.2) is 32.2 Å². The number of hydrogen-bond donors (Lipinski definition) is 2. The lowest BCUT2D eigenvalue weighted by Crippen LogP contribution is -2.15. The van der Waals surface area contributed by atoms with E-state index in [9.17, 15) is 12.8 Å². The number of sulfonamides is 1. The lowest BCUT2D eigenvalue weighted by Gasteiger charge is -2.15. The zero-order valence-electron chi connectivity index (χ0n) is 23.0. The fourth-order valence-corrected chi connectivity index (χ4v) is 6.16. The second-order valence-corrected chi connectivity index (χ2v) is 11.7. The molecule has 0 atom stereocenters. The van der Waals surface area contributed by atoms with Gasteiger partial charge in [0, 0.05) is 7.11 Å². The van der Waals surface area contributed by atoms with Crippen LogP contribution in [0.4, 0.5) is 26.0 Å². The third-order valence-corrected chi connectivity index (χ3v) is 8.79. The van der Waals surface area contributed by atoms with Gasteiger partial charge in [-0.05, 0) is 48.5 Å². The van der Waals surface area contributed by atoms with Crippen LogP contribution in [0.5, 0.6) is 5.75 Å². The molecule has 0 saturated heterocycles. The third kappa shape index (κ3) is 5.90. The smallest absolute Gasteiger partial charge is 0.263 e. The van der Waals surface area contributed by atoms with Gasteiger partial charge in [-0.1, -0.05) is 40.5 Å². The Bertz CT molecular complexity index is 2190. The fourth-order valence-electron chi connectivity index (χ4n) is 4.34.